The molecular formula is C18H23N3O2. The van der Waals surface area contributed by atoms with Crippen LogP contribution in [0.2, 0.25) is 0 Å². The number of hydrogen-bond acceptors (Lipinski definition) is 4. The van der Waals surface area contributed by atoms with Gasteiger partial charge in [-0.2, -0.15) is 0 Å². The van der Waals surface area contributed by atoms with Crippen molar-refractivity contribution >= 4 is 23.1 Å². The molecule has 0 aliphatic carbocycles. The van der Waals surface area contributed by atoms with Gasteiger partial charge in [-0.15, -0.1) is 0 Å². The van der Waals surface area contributed by atoms with E-state index in [0.717, 1.165) is 41.8 Å². The number of carbonyl (C=O) groups is 1. The van der Waals surface area contributed by atoms with Gasteiger partial charge in [-0.3, -0.25) is 4.90 Å². The van der Waals surface area contributed by atoms with Gasteiger partial charge in [-0.1, -0.05) is 19.6 Å². The number of hydrogen-bond donors (Lipinski definition) is 1. The Hall–Kier alpha value is -2.14. The van der Waals surface area contributed by atoms with Crippen LogP contribution in [0.4, 0.5) is 0 Å². The number of piperidine rings is 1. The highest BCUT2D eigenvalue weighted by Gasteiger charge is 2.20. The predicted octanol–water partition coefficient (Wildman–Crippen LogP) is 3.22. The van der Waals surface area contributed by atoms with E-state index in [0.29, 0.717) is 11.6 Å². The van der Waals surface area contributed by atoms with Crippen LogP contribution >= 0.6 is 0 Å². The molecule has 1 aliphatic heterocycles. The topological polar surface area (TPSA) is 58.2 Å². The number of aromatic nitrogens is 2. The predicted molar refractivity (Wildman–Crippen MR) is 91.2 cm³/mol. The summed E-state index contributed by atoms with van der Waals surface area (Å²) in [4.78, 5) is 22.1. The third kappa shape index (κ3) is 3.15. The zero-order valence-corrected chi connectivity index (χ0v) is 13.8. The highest BCUT2D eigenvalue weighted by atomic mass is 16.5. The first-order chi connectivity index (χ1) is 11.1. The van der Waals surface area contributed by atoms with Crippen LogP contribution in [0, 0.1) is 5.92 Å². The van der Waals surface area contributed by atoms with E-state index in [9.17, 15) is 4.79 Å². The van der Waals surface area contributed by atoms with E-state index in [1.165, 1.54) is 20.0 Å². The molecule has 0 amide bonds. The molecule has 2 aromatic rings. The van der Waals surface area contributed by atoms with Gasteiger partial charge in [0.15, 0.2) is 0 Å². The summed E-state index contributed by atoms with van der Waals surface area (Å²) in [5.41, 5.74) is 4.09. The van der Waals surface area contributed by atoms with Crippen molar-refractivity contribution in [2.45, 2.75) is 26.3 Å². The van der Waals surface area contributed by atoms with Crippen LogP contribution < -0.4 is 0 Å². The number of fused-ring (bicyclic) bond motifs is 1. The molecule has 23 heavy (non-hydrogen) atoms. The van der Waals surface area contributed by atoms with Gasteiger partial charge in [0.05, 0.1) is 18.1 Å². The molecular weight excluding hydrogens is 290 g/mol. The zero-order valence-electron chi connectivity index (χ0n) is 13.8. The van der Waals surface area contributed by atoms with Gasteiger partial charge in [-0.25, -0.2) is 9.78 Å². The molecule has 1 fully saturated rings. The van der Waals surface area contributed by atoms with Crippen molar-refractivity contribution < 1.29 is 9.53 Å². The maximum absolute atomic E-state index is 11.9. The molecule has 5 nitrogen and oxygen atoms in total. The summed E-state index contributed by atoms with van der Waals surface area (Å²) in [6, 6.07) is 1.84. The van der Waals surface area contributed by atoms with Crippen LogP contribution in [0.3, 0.4) is 0 Å². The van der Waals surface area contributed by atoms with Gasteiger partial charge in [-0.05, 0) is 36.9 Å². The van der Waals surface area contributed by atoms with E-state index in [2.05, 4.69) is 28.4 Å². The summed E-state index contributed by atoms with van der Waals surface area (Å²) in [5, 5.41) is 0. The first-order valence-electron chi connectivity index (χ1n) is 8.06. The van der Waals surface area contributed by atoms with E-state index in [1.807, 2.05) is 12.3 Å². The van der Waals surface area contributed by atoms with Gasteiger partial charge >= 0.3 is 5.97 Å². The number of likely N-dealkylation sites (tertiary alicyclic amines) is 1. The Morgan fingerprint density at radius 1 is 1.61 bits per heavy atom. The molecule has 0 saturated carbocycles. The minimum Gasteiger partial charge on any atom is -0.464 e. The molecule has 1 saturated heterocycles. The van der Waals surface area contributed by atoms with Crippen molar-refractivity contribution in [1.82, 2.24) is 14.9 Å². The second-order valence-electron chi connectivity index (χ2n) is 6.31. The van der Waals surface area contributed by atoms with Crippen molar-refractivity contribution in [2.24, 2.45) is 5.92 Å². The molecule has 3 heterocycles. The van der Waals surface area contributed by atoms with Crippen LogP contribution in [0.1, 0.15) is 41.4 Å². The molecule has 5 heteroatoms. The smallest absolute Gasteiger partial charge is 0.356 e. The molecule has 3 rings (SSSR count). The minimum absolute atomic E-state index is 0.350. The fourth-order valence-electron chi connectivity index (χ4n) is 3.35. The summed E-state index contributed by atoms with van der Waals surface area (Å²) < 4.78 is 4.85. The lowest BCUT2D eigenvalue weighted by atomic mass is 9.99. The summed E-state index contributed by atoms with van der Waals surface area (Å²) in [6.45, 7) is 9.10. The van der Waals surface area contributed by atoms with E-state index in [4.69, 9.17) is 4.74 Å². The van der Waals surface area contributed by atoms with Crippen molar-refractivity contribution in [3.8, 4) is 0 Å². The van der Waals surface area contributed by atoms with Gasteiger partial charge in [0, 0.05) is 24.8 Å². The Labute approximate surface area is 136 Å². The zero-order chi connectivity index (χ0) is 16.4. The highest BCUT2D eigenvalue weighted by molar-refractivity contribution is 5.94. The number of nitrogens with zero attached hydrogens (tertiary/aromatic N) is 2. The summed E-state index contributed by atoms with van der Waals surface area (Å²) in [6.07, 6.45) is 6.15. The number of nitrogens with one attached hydrogen (secondary N) is 1. The Bertz CT molecular complexity index is 735. The Morgan fingerprint density at radius 2 is 2.43 bits per heavy atom. The van der Waals surface area contributed by atoms with E-state index >= 15 is 0 Å². The lowest BCUT2D eigenvalue weighted by Crippen LogP contribution is -2.33. The number of esters is 1. The molecule has 1 aliphatic rings. The molecule has 122 valence electrons. The van der Waals surface area contributed by atoms with Crippen LogP contribution in [0.15, 0.2) is 18.8 Å². The fraction of sp³-hybridized carbons (Fsp3) is 0.444. The van der Waals surface area contributed by atoms with E-state index in [-0.39, 0.29) is 0 Å². The Kier molecular flexibility index (Phi) is 4.48. The Balaban J connectivity index is 2.01. The van der Waals surface area contributed by atoms with Gasteiger partial charge in [0.2, 0.25) is 0 Å². The molecule has 1 N–H and O–H groups in total. The van der Waals surface area contributed by atoms with Crippen molar-refractivity contribution in [2.75, 3.05) is 20.2 Å². The molecule has 1 atom stereocenters. The van der Waals surface area contributed by atoms with Crippen molar-refractivity contribution in [1.29, 1.82) is 0 Å². The van der Waals surface area contributed by atoms with Crippen LogP contribution in [-0.4, -0.2) is 41.0 Å². The first-order valence-corrected chi connectivity index (χ1v) is 8.06. The summed E-state index contributed by atoms with van der Waals surface area (Å²) in [7, 11) is 1.38. The molecule has 0 radical (unpaired) electrons. The largest absolute Gasteiger partial charge is 0.464 e. The first kappa shape index (κ1) is 15.7. The molecule has 2 aromatic heterocycles. The second kappa shape index (κ2) is 6.54. The SMILES string of the molecule is C=Cc1c[nH]c2c(CN3CCC[C@H](C)C3)cc(C(=O)OC)nc12. The summed E-state index contributed by atoms with van der Waals surface area (Å²) in [5.74, 6) is 0.310. The number of ether oxygens (including phenoxy) is 1. The van der Waals surface area contributed by atoms with Crippen molar-refractivity contribution in [3.05, 3.63) is 35.7 Å². The number of H-pyrrole nitrogens is 1. The third-order valence-corrected chi connectivity index (χ3v) is 4.50. The number of rotatable bonds is 4. The van der Waals surface area contributed by atoms with Gasteiger partial charge in [0.25, 0.3) is 0 Å². The monoisotopic (exact) mass is 313 g/mol. The lowest BCUT2D eigenvalue weighted by molar-refractivity contribution is 0.0594. The maximum Gasteiger partial charge on any atom is 0.356 e. The van der Waals surface area contributed by atoms with E-state index in [1.54, 1.807) is 6.08 Å². The number of pyridine rings is 1. The normalized spacial score (nSPS) is 19.0. The molecule has 0 spiro atoms. The summed E-state index contributed by atoms with van der Waals surface area (Å²) >= 11 is 0. The highest BCUT2D eigenvalue weighted by Crippen LogP contribution is 2.25. The van der Waals surface area contributed by atoms with Crippen LogP contribution in [0.5, 0.6) is 0 Å². The molecule has 0 unspecified atom stereocenters. The van der Waals surface area contributed by atoms with Crippen LogP contribution in [0.25, 0.3) is 17.1 Å². The van der Waals surface area contributed by atoms with Gasteiger partial charge in [0.1, 0.15) is 5.69 Å². The quantitative estimate of drug-likeness (QED) is 0.881. The second-order valence-corrected chi connectivity index (χ2v) is 6.31. The van der Waals surface area contributed by atoms with Crippen LogP contribution in [-0.2, 0) is 11.3 Å². The standard InChI is InChI=1S/C18H23N3O2/c1-4-13-9-19-16-14(11-21-7-5-6-12(2)10-21)8-15(18(22)23-3)20-17(13)16/h4,8-9,12,19H,1,5-7,10-11H2,2-3H3/t12-/m0/s1. The lowest BCUT2D eigenvalue weighted by Gasteiger charge is -2.31. The van der Waals surface area contributed by atoms with Crippen molar-refractivity contribution in [3.63, 3.8) is 0 Å². The fourth-order valence-corrected chi connectivity index (χ4v) is 3.35. The third-order valence-electron chi connectivity index (χ3n) is 4.50. The Morgan fingerprint density at radius 3 is 3.13 bits per heavy atom. The van der Waals surface area contributed by atoms with Gasteiger partial charge < -0.3 is 9.72 Å². The minimum atomic E-state index is -0.406. The average molecular weight is 313 g/mol. The molecule has 0 aromatic carbocycles. The van der Waals surface area contributed by atoms with E-state index < -0.39 is 5.97 Å². The molecule has 0 bridgehead atoms. The number of methoxy groups -OCH3 is 1. The maximum atomic E-state index is 11.9. The number of carbonyl (C=O) groups excluding carboxylic acids is 1. The average Bonchev–Trinajstić information content (AvgIpc) is 2.97. The number of aromatic amines is 1.